The Hall–Kier alpha value is -2.49. The number of anilines is 2. The molecule has 0 saturated heterocycles. The predicted molar refractivity (Wildman–Crippen MR) is 128 cm³/mol. The number of carbonyl (C=O) groups excluding carboxylic acids is 1. The largest absolute Gasteiger partial charge is 0.388 e. The minimum Gasteiger partial charge on any atom is -0.388 e. The van der Waals surface area contributed by atoms with Gasteiger partial charge in [-0.1, -0.05) is 70.9 Å². The summed E-state index contributed by atoms with van der Waals surface area (Å²) in [7, 11) is 1.94. The van der Waals surface area contributed by atoms with E-state index >= 15 is 0 Å². The van der Waals surface area contributed by atoms with Gasteiger partial charge in [-0.05, 0) is 53.5 Å². The molecule has 1 fully saturated rings. The molecule has 2 aromatic rings. The Morgan fingerprint density at radius 1 is 0.933 bits per heavy atom. The van der Waals surface area contributed by atoms with Gasteiger partial charge in [0.25, 0.3) is 0 Å². The maximum Gasteiger partial charge on any atom is 0.319 e. The average Bonchev–Trinajstić information content (AvgIpc) is 3.22. The average molecular weight is 408 g/mol. The first-order valence-electron chi connectivity index (χ1n) is 11.3. The molecular weight excluding hydrogens is 370 g/mol. The second-order valence-electron chi connectivity index (χ2n) is 9.24. The molecule has 2 aromatic carbocycles. The number of urea groups is 1. The molecule has 1 aliphatic carbocycles. The highest BCUT2D eigenvalue weighted by Crippen LogP contribution is 2.41. The smallest absolute Gasteiger partial charge is 0.319 e. The van der Waals surface area contributed by atoms with Crippen molar-refractivity contribution >= 4 is 17.4 Å². The molecule has 1 saturated carbocycles. The van der Waals surface area contributed by atoms with Gasteiger partial charge < -0.3 is 16.0 Å². The van der Waals surface area contributed by atoms with Crippen LogP contribution in [0.2, 0.25) is 0 Å². The van der Waals surface area contributed by atoms with Gasteiger partial charge in [0.1, 0.15) is 0 Å². The van der Waals surface area contributed by atoms with Gasteiger partial charge in [0.2, 0.25) is 0 Å². The number of hydrogen-bond donors (Lipinski definition) is 3. The van der Waals surface area contributed by atoms with Crippen LogP contribution in [0.4, 0.5) is 16.2 Å². The minimum absolute atomic E-state index is 0.0298. The van der Waals surface area contributed by atoms with Crippen LogP contribution in [0.1, 0.15) is 81.9 Å². The van der Waals surface area contributed by atoms with Crippen LogP contribution >= 0.6 is 0 Å². The Labute approximate surface area is 181 Å². The zero-order valence-electron chi connectivity index (χ0n) is 19.1. The normalized spacial score (nSPS) is 15.4. The van der Waals surface area contributed by atoms with Crippen molar-refractivity contribution in [2.75, 3.05) is 24.2 Å². The summed E-state index contributed by atoms with van der Waals surface area (Å²) in [5.41, 5.74) is 5.82. The third-order valence-corrected chi connectivity index (χ3v) is 6.55. The highest BCUT2D eigenvalue weighted by atomic mass is 16.2. The quantitative estimate of drug-likeness (QED) is 0.484. The monoisotopic (exact) mass is 407 g/mol. The molecule has 4 nitrogen and oxygen atoms in total. The molecule has 2 amide bonds. The van der Waals surface area contributed by atoms with Crippen LogP contribution in [-0.2, 0) is 5.41 Å². The zero-order valence-corrected chi connectivity index (χ0v) is 19.1. The molecule has 3 rings (SSSR count). The summed E-state index contributed by atoms with van der Waals surface area (Å²) in [6.07, 6.45) is 4.66. The molecular formula is C26H37N3O. The maximum atomic E-state index is 13.0. The Morgan fingerprint density at radius 3 is 2.00 bits per heavy atom. The molecule has 0 bridgehead atoms. The molecule has 162 valence electrons. The van der Waals surface area contributed by atoms with Gasteiger partial charge in [0.15, 0.2) is 0 Å². The first-order valence-corrected chi connectivity index (χ1v) is 11.3. The van der Waals surface area contributed by atoms with E-state index in [1.165, 1.54) is 29.5 Å². The number of benzene rings is 2. The SMILES string of the molecule is CNc1ccc(C2(CNC(=O)Nc3c(C(C)C)cccc3C(C)C)CCCC2)cc1. The minimum atomic E-state index is -0.108. The second kappa shape index (κ2) is 9.55. The molecule has 0 heterocycles. The van der Waals surface area contributed by atoms with Crippen LogP contribution in [-0.4, -0.2) is 19.6 Å². The van der Waals surface area contributed by atoms with Gasteiger partial charge in [0, 0.05) is 30.4 Å². The van der Waals surface area contributed by atoms with Crippen molar-refractivity contribution in [3.8, 4) is 0 Å². The first-order chi connectivity index (χ1) is 14.4. The van der Waals surface area contributed by atoms with Crippen molar-refractivity contribution in [3.63, 3.8) is 0 Å². The summed E-state index contributed by atoms with van der Waals surface area (Å²) in [6.45, 7) is 9.35. The molecule has 0 aliphatic heterocycles. The number of carbonyl (C=O) groups is 1. The Bertz CT molecular complexity index is 823. The van der Waals surface area contributed by atoms with Crippen molar-refractivity contribution in [2.45, 2.75) is 70.6 Å². The Kier molecular flexibility index (Phi) is 7.06. The molecule has 3 N–H and O–H groups in total. The fourth-order valence-electron chi connectivity index (χ4n) is 4.71. The number of hydrogen-bond acceptors (Lipinski definition) is 2. The van der Waals surface area contributed by atoms with E-state index < -0.39 is 0 Å². The second-order valence-corrected chi connectivity index (χ2v) is 9.24. The standard InChI is InChI=1S/C26H37N3O/c1-18(2)22-9-8-10-23(19(3)4)24(22)29-25(30)28-17-26(15-6-7-16-26)20-11-13-21(27-5)14-12-20/h8-14,18-19,27H,6-7,15-17H2,1-5H3,(H2,28,29,30). The lowest BCUT2D eigenvalue weighted by molar-refractivity contribution is 0.248. The summed E-state index contributed by atoms with van der Waals surface area (Å²) in [5, 5.41) is 9.58. The van der Waals surface area contributed by atoms with Crippen LogP contribution in [0, 0.1) is 0 Å². The van der Waals surface area contributed by atoms with Crippen LogP contribution in [0.3, 0.4) is 0 Å². The molecule has 0 atom stereocenters. The molecule has 4 heteroatoms. The van der Waals surface area contributed by atoms with E-state index in [2.05, 4.69) is 86.1 Å². The van der Waals surface area contributed by atoms with Crippen molar-refractivity contribution in [1.29, 1.82) is 0 Å². The summed E-state index contributed by atoms with van der Waals surface area (Å²) in [5.74, 6) is 0.705. The summed E-state index contributed by atoms with van der Waals surface area (Å²) in [4.78, 5) is 13.0. The van der Waals surface area contributed by atoms with Gasteiger partial charge in [-0.2, -0.15) is 0 Å². The Morgan fingerprint density at radius 2 is 1.50 bits per heavy atom. The van der Waals surface area contributed by atoms with Crippen LogP contribution in [0.5, 0.6) is 0 Å². The van der Waals surface area contributed by atoms with E-state index in [4.69, 9.17) is 0 Å². The van der Waals surface area contributed by atoms with E-state index in [-0.39, 0.29) is 11.4 Å². The number of nitrogens with one attached hydrogen (secondary N) is 3. The highest BCUT2D eigenvalue weighted by molar-refractivity contribution is 5.91. The van der Waals surface area contributed by atoms with Crippen molar-refractivity contribution in [1.82, 2.24) is 5.32 Å². The number of amides is 2. The summed E-state index contributed by atoms with van der Waals surface area (Å²) < 4.78 is 0. The van der Waals surface area contributed by atoms with E-state index in [0.717, 1.165) is 24.2 Å². The number of rotatable bonds is 7. The molecule has 0 aromatic heterocycles. The molecule has 0 unspecified atom stereocenters. The third kappa shape index (κ3) is 4.80. The van der Waals surface area contributed by atoms with Crippen LogP contribution in [0.25, 0.3) is 0 Å². The molecule has 30 heavy (non-hydrogen) atoms. The predicted octanol–water partition coefficient (Wildman–Crippen LogP) is 6.61. The lowest BCUT2D eigenvalue weighted by Gasteiger charge is -2.30. The van der Waals surface area contributed by atoms with Crippen molar-refractivity contribution in [2.24, 2.45) is 0 Å². The fourth-order valence-corrected chi connectivity index (χ4v) is 4.71. The first kappa shape index (κ1) is 22.2. The van der Waals surface area contributed by atoms with Gasteiger partial charge >= 0.3 is 6.03 Å². The lowest BCUT2D eigenvalue weighted by atomic mass is 9.78. The summed E-state index contributed by atoms with van der Waals surface area (Å²) >= 11 is 0. The van der Waals surface area contributed by atoms with Gasteiger partial charge in [-0.3, -0.25) is 0 Å². The maximum absolute atomic E-state index is 13.0. The fraction of sp³-hybridized carbons (Fsp3) is 0.500. The van der Waals surface area contributed by atoms with Gasteiger partial charge in [0.05, 0.1) is 0 Å². The summed E-state index contributed by atoms with van der Waals surface area (Å²) in [6, 6.07) is 14.9. The zero-order chi connectivity index (χ0) is 21.7. The molecule has 0 radical (unpaired) electrons. The van der Waals surface area contributed by atoms with Crippen molar-refractivity contribution in [3.05, 3.63) is 59.2 Å². The van der Waals surface area contributed by atoms with E-state index in [1.807, 2.05) is 7.05 Å². The molecule has 1 aliphatic rings. The number of para-hydroxylation sites is 1. The van der Waals surface area contributed by atoms with E-state index in [9.17, 15) is 4.79 Å². The van der Waals surface area contributed by atoms with Crippen molar-refractivity contribution < 1.29 is 4.79 Å². The van der Waals surface area contributed by atoms with Gasteiger partial charge in [-0.15, -0.1) is 0 Å². The van der Waals surface area contributed by atoms with Crippen LogP contribution in [0.15, 0.2) is 42.5 Å². The molecule has 0 spiro atoms. The highest BCUT2D eigenvalue weighted by Gasteiger charge is 2.36. The van der Waals surface area contributed by atoms with Crippen LogP contribution < -0.4 is 16.0 Å². The van der Waals surface area contributed by atoms with E-state index in [1.54, 1.807) is 0 Å². The van der Waals surface area contributed by atoms with E-state index in [0.29, 0.717) is 18.4 Å². The van der Waals surface area contributed by atoms with Gasteiger partial charge in [-0.25, -0.2) is 4.79 Å². The topological polar surface area (TPSA) is 53.2 Å². The third-order valence-electron chi connectivity index (χ3n) is 6.55. The Balaban J connectivity index is 1.76. The lowest BCUT2D eigenvalue weighted by Crippen LogP contribution is -2.41.